The smallest absolute Gasteiger partial charge is 0.756 e. The van der Waals surface area contributed by atoms with Crippen molar-refractivity contribution in [3.05, 3.63) is 45.8 Å². The molecule has 28 nitrogen and oxygen atoms in total. The van der Waals surface area contributed by atoms with Gasteiger partial charge in [-0.25, -0.2) is 32.7 Å². The van der Waals surface area contributed by atoms with Crippen LogP contribution < -0.4 is 155 Å². The molecule has 0 aromatic carbocycles. The first kappa shape index (κ1) is 54.4. The topological polar surface area (TPSA) is 431 Å². The average Bonchev–Trinajstić information content (AvgIpc) is 3.64. The standard InChI is InChI=1S/C19H27N7O21P4.4Na/c20-15-10-16(22-5-21-15)26(6-23-10)18-14(31)12(29)8(44-18)4-42-49(35,36)46-51(39,40)47-50(37,38)45-48(33,34)41-3-7-11(28)13(30)17(43-7)25-2-1-9(27)24-19(25)32;;;;/h1-2,5-8,11-14,17-18,28-31H,3-4H2,(H,33,34)(H,35,36)(H,37,38)(H,39,40)(H2,20,21,22)(H,24,27,32);;;;/q;4*+1/p-4/t7-,8-,11-,12-,13-,14-,17-,18-;;;;/m1..../s1. The Hall–Kier alpha value is 1.35. The first-order valence-corrected chi connectivity index (χ1v) is 19.4. The molecular weight excluding hydrogens is 878 g/mol. The molecule has 36 heteroatoms. The summed E-state index contributed by atoms with van der Waals surface area (Å²) >= 11 is 0. The molecule has 0 spiro atoms. The average molecular weight is 901 g/mol. The zero-order valence-electron chi connectivity index (χ0n) is 28.7. The molecule has 0 radical (unpaired) electrons. The van der Waals surface area contributed by atoms with Gasteiger partial charge in [-0.3, -0.25) is 37.2 Å². The molecular formula is C19H23N7Na4O21P4. The van der Waals surface area contributed by atoms with Gasteiger partial charge in [-0.05, 0) is 0 Å². The van der Waals surface area contributed by atoms with E-state index in [9.17, 15) is 67.8 Å². The van der Waals surface area contributed by atoms with E-state index in [1.807, 2.05) is 4.98 Å². The van der Waals surface area contributed by atoms with Gasteiger partial charge in [0.15, 0.2) is 23.9 Å². The molecule has 2 fully saturated rings. The van der Waals surface area contributed by atoms with E-state index < -0.39 is 105 Å². The van der Waals surface area contributed by atoms with Gasteiger partial charge in [-0.15, -0.1) is 0 Å². The zero-order chi connectivity index (χ0) is 37.7. The molecule has 55 heavy (non-hydrogen) atoms. The van der Waals surface area contributed by atoms with Crippen LogP contribution in [-0.4, -0.2) is 99.3 Å². The fraction of sp³-hybridized carbons (Fsp3) is 0.526. The minimum absolute atomic E-state index is 0. The molecule has 5 rings (SSSR count). The van der Waals surface area contributed by atoms with Gasteiger partial charge in [0.25, 0.3) is 36.9 Å². The molecule has 3 aromatic rings. The Morgan fingerprint density at radius 2 is 1.18 bits per heavy atom. The largest absolute Gasteiger partial charge is 1.00 e. The number of anilines is 1. The van der Waals surface area contributed by atoms with Crippen LogP contribution >= 0.6 is 31.3 Å². The van der Waals surface area contributed by atoms with Crippen molar-refractivity contribution in [3.63, 3.8) is 0 Å². The molecule has 0 saturated carbocycles. The van der Waals surface area contributed by atoms with Crippen LogP contribution in [-0.2, 0) is 49.7 Å². The van der Waals surface area contributed by atoms with Gasteiger partial charge >= 0.3 is 124 Å². The van der Waals surface area contributed by atoms with E-state index in [2.05, 4.69) is 36.9 Å². The second-order valence-electron chi connectivity index (χ2n) is 10.3. The maximum atomic E-state index is 12.2. The van der Waals surface area contributed by atoms with E-state index in [0.29, 0.717) is 4.57 Å². The molecule has 0 bridgehead atoms. The summed E-state index contributed by atoms with van der Waals surface area (Å²) in [5.41, 5.74) is 3.89. The first-order valence-electron chi connectivity index (χ1n) is 13.5. The van der Waals surface area contributed by atoms with Crippen LogP contribution in [0.25, 0.3) is 11.2 Å². The number of imidazole rings is 1. The third-order valence-electron chi connectivity index (χ3n) is 6.85. The van der Waals surface area contributed by atoms with Gasteiger partial charge in [0, 0.05) is 12.3 Å². The SMILES string of the molecule is Nc1ncnc2c1ncn2[C@@H]1O[C@H](COP(=O)([O-])OP(=O)([O-])OP(=O)([O-])OP(=O)([O-])OC[C@H]2O[C@@H](n3ccc(=O)[nH]c3=O)[C@H](O)[C@@H]2O)[C@@H](O)[C@H]1O.[Na+].[Na+].[Na+].[Na+]. The predicted octanol–water partition coefficient (Wildman–Crippen LogP) is -17.8. The van der Waals surface area contributed by atoms with E-state index in [-0.39, 0.29) is 135 Å². The van der Waals surface area contributed by atoms with Crippen LogP contribution in [0.3, 0.4) is 0 Å². The zero-order valence-corrected chi connectivity index (χ0v) is 40.3. The fourth-order valence-electron chi connectivity index (χ4n) is 4.65. The van der Waals surface area contributed by atoms with Crippen LogP contribution in [0.2, 0.25) is 0 Å². The van der Waals surface area contributed by atoms with Crippen molar-refractivity contribution in [2.75, 3.05) is 18.9 Å². The second kappa shape index (κ2) is 21.4. The van der Waals surface area contributed by atoms with E-state index >= 15 is 0 Å². The quantitative estimate of drug-likeness (QED) is 0.0646. The maximum Gasteiger partial charge on any atom is 1.00 e. The van der Waals surface area contributed by atoms with Crippen molar-refractivity contribution in [1.29, 1.82) is 0 Å². The number of rotatable bonds is 14. The predicted molar refractivity (Wildman–Crippen MR) is 148 cm³/mol. The summed E-state index contributed by atoms with van der Waals surface area (Å²) in [6, 6.07) is 0.850. The first-order chi connectivity index (χ1) is 23.6. The monoisotopic (exact) mass is 901 g/mol. The Bertz CT molecular complexity index is 2100. The molecule has 2 aliphatic rings. The number of nitrogens with two attached hydrogens (primary N) is 1. The molecule has 7 N–H and O–H groups in total. The Morgan fingerprint density at radius 1 is 0.727 bits per heavy atom. The van der Waals surface area contributed by atoms with Gasteiger partial charge in [0.05, 0.1) is 19.5 Å². The molecule has 2 aliphatic heterocycles. The molecule has 2 saturated heterocycles. The number of hydrogen-bond acceptors (Lipinski definition) is 25. The number of aliphatic hydroxyl groups excluding tert-OH is 4. The van der Waals surface area contributed by atoms with Gasteiger partial charge in [0.2, 0.25) is 0 Å². The number of phosphoric acid groups is 4. The number of nitrogen functional groups attached to an aromatic ring is 1. The van der Waals surface area contributed by atoms with Crippen molar-refractivity contribution in [2.24, 2.45) is 0 Å². The van der Waals surface area contributed by atoms with Crippen LogP contribution in [0, 0.1) is 0 Å². The minimum atomic E-state index is -6.62. The van der Waals surface area contributed by atoms with E-state index in [4.69, 9.17) is 15.2 Å². The Morgan fingerprint density at radius 3 is 1.65 bits per heavy atom. The Balaban J connectivity index is 0.00000378. The summed E-state index contributed by atoms with van der Waals surface area (Å²) in [7, 11) is -25.5. The molecule has 0 aliphatic carbocycles. The number of H-pyrrole nitrogens is 1. The third-order valence-corrected chi connectivity index (χ3v) is 12.6. The molecule has 0 amide bonds. The summed E-state index contributed by atoms with van der Waals surface area (Å²) in [5, 5.41) is 41.1. The van der Waals surface area contributed by atoms with E-state index in [0.717, 1.165) is 29.5 Å². The number of phosphoric ester groups is 2. The molecule has 5 heterocycles. The Labute approximate surface area is 394 Å². The number of aliphatic hydroxyl groups is 4. The summed E-state index contributed by atoms with van der Waals surface area (Å²) in [6.07, 6.45) is -11.2. The second-order valence-corrected chi connectivity index (χ2v) is 16.4. The van der Waals surface area contributed by atoms with Crippen LogP contribution in [0.5, 0.6) is 0 Å². The van der Waals surface area contributed by atoms with Crippen LogP contribution in [0.4, 0.5) is 5.82 Å². The number of nitrogens with one attached hydrogen (secondary N) is 1. The van der Waals surface area contributed by atoms with Crippen molar-refractivity contribution in [2.45, 2.75) is 49.1 Å². The minimum Gasteiger partial charge on any atom is -0.756 e. The molecule has 4 unspecified atom stereocenters. The van der Waals surface area contributed by atoms with Crippen molar-refractivity contribution in [3.8, 4) is 0 Å². The van der Waals surface area contributed by atoms with Gasteiger partial charge in [-0.2, -0.15) is 0 Å². The third kappa shape index (κ3) is 13.7. The molecule has 284 valence electrons. The number of aromatic amines is 1. The maximum absolute atomic E-state index is 12.2. The molecule has 12 atom stereocenters. The van der Waals surface area contributed by atoms with Crippen LogP contribution in [0.1, 0.15) is 12.5 Å². The number of aromatic nitrogens is 6. The van der Waals surface area contributed by atoms with Gasteiger partial charge in [-0.1, -0.05) is 0 Å². The van der Waals surface area contributed by atoms with Gasteiger partial charge < -0.3 is 64.3 Å². The fourth-order valence-corrected chi connectivity index (χ4v) is 9.40. The van der Waals surface area contributed by atoms with Crippen LogP contribution in [0.15, 0.2) is 34.5 Å². The number of ether oxygens (including phenoxy) is 2. The summed E-state index contributed by atoms with van der Waals surface area (Å²) < 4.78 is 79.8. The number of fused-ring (bicyclic) bond motifs is 1. The van der Waals surface area contributed by atoms with Crippen molar-refractivity contribution < 1.29 is 208 Å². The summed E-state index contributed by atoms with van der Waals surface area (Å²) in [4.78, 5) is 85.0. The van der Waals surface area contributed by atoms with Crippen molar-refractivity contribution >= 4 is 48.3 Å². The normalized spacial score (nSPS) is 29.2. The van der Waals surface area contributed by atoms with Crippen molar-refractivity contribution in [1.82, 2.24) is 29.1 Å². The number of hydrogen-bond donors (Lipinski definition) is 6. The summed E-state index contributed by atoms with van der Waals surface area (Å²) in [5.74, 6) is -0.0449. The van der Waals surface area contributed by atoms with E-state index in [1.54, 1.807) is 0 Å². The molecule has 3 aromatic heterocycles. The number of nitrogens with zero attached hydrogens (tertiary/aromatic N) is 5. The Kier molecular flexibility index (Phi) is 21.2. The van der Waals surface area contributed by atoms with E-state index in [1.165, 1.54) is 0 Å². The van der Waals surface area contributed by atoms with Gasteiger partial charge in [0.1, 0.15) is 48.5 Å². The summed E-state index contributed by atoms with van der Waals surface area (Å²) in [6.45, 7) is -2.55.